The monoisotopic (exact) mass is 374 g/mol. The van der Waals surface area contributed by atoms with Crippen LogP contribution in [0.1, 0.15) is 27.3 Å². The number of hydrogen-bond acceptors (Lipinski definition) is 5. The molecule has 0 saturated heterocycles. The second kappa shape index (κ2) is 6.89. The smallest absolute Gasteiger partial charge is 0.276 e. The van der Waals surface area contributed by atoms with Crippen molar-refractivity contribution >= 4 is 34.1 Å². The fraction of sp³-hybridized carbons (Fsp3) is 0.143. The van der Waals surface area contributed by atoms with Crippen LogP contribution >= 0.6 is 11.3 Å². The number of hydrogen-bond donors (Lipinski definition) is 1. The Hall–Kier alpha value is -3.12. The highest BCUT2D eigenvalue weighted by molar-refractivity contribution is 7.13. The van der Waals surface area contributed by atoms with Gasteiger partial charge in [0.25, 0.3) is 5.91 Å². The lowest BCUT2D eigenvalue weighted by atomic mass is 10.1. The number of amides is 1. The molecule has 6 heteroatoms. The van der Waals surface area contributed by atoms with Gasteiger partial charge in [0, 0.05) is 22.0 Å². The predicted octanol–water partition coefficient (Wildman–Crippen LogP) is 4.93. The lowest BCUT2D eigenvalue weighted by Gasteiger charge is -2.06. The van der Waals surface area contributed by atoms with Crippen LogP contribution in [0.15, 0.2) is 47.8 Å². The number of aryl methyl sites for hydroxylation is 3. The largest absolute Gasteiger partial charge is 0.305 e. The van der Waals surface area contributed by atoms with E-state index in [0.717, 1.165) is 27.2 Å². The minimum Gasteiger partial charge on any atom is -0.305 e. The van der Waals surface area contributed by atoms with E-state index in [4.69, 9.17) is 0 Å². The maximum Gasteiger partial charge on any atom is 0.276 e. The quantitative estimate of drug-likeness (QED) is 0.552. The van der Waals surface area contributed by atoms with Gasteiger partial charge in [-0.05, 0) is 44.5 Å². The van der Waals surface area contributed by atoms with Crippen molar-refractivity contribution in [2.24, 2.45) is 0 Å². The summed E-state index contributed by atoms with van der Waals surface area (Å²) in [6.45, 7) is 6.00. The zero-order chi connectivity index (χ0) is 19.0. The first-order valence-electron chi connectivity index (χ1n) is 8.58. The summed E-state index contributed by atoms with van der Waals surface area (Å²) in [4.78, 5) is 25.9. The third-order valence-corrected chi connectivity index (χ3v) is 5.18. The number of anilines is 1. The maximum absolute atomic E-state index is 12.6. The zero-order valence-corrected chi connectivity index (χ0v) is 16.1. The molecule has 4 aromatic rings. The fourth-order valence-electron chi connectivity index (χ4n) is 2.89. The molecule has 3 aromatic heterocycles. The van der Waals surface area contributed by atoms with Crippen LogP contribution in [-0.2, 0) is 0 Å². The Kier molecular flexibility index (Phi) is 4.41. The highest BCUT2D eigenvalue weighted by atomic mass is 32.1. The first kappa shape index (κ1) is 17.3. The summed E-state index contributed by atoms with van der Waals surface area (Å²) in [6, 6.07) is 13.8. The molecule has 134 valence electrons. The number of carbonyl (C=O) groups excluding carboxylic acids is 1. The Bertz CT molecular complexity index is 1150. The number of rotatable bonds is 3. The van der Waals surface area contributed by atoms with Gasteiger partial charge >= 0.3 is 0 Å². The van der Waals surface area contributed by atoms with E-state index in [-0.39, 0.29) is 5.91 Å². The summed E-state index contributed by atoms with van der Waals surface area (Å²) in [5.74, 6) is 0.190. The van der Waals surface area contributed by atoms with Crippen LogP contribution < -0.4 is 5.32 Å². The third-order valence-electron chi connectivity index (χ3n) is 4.28. The summed E-state index contributed by atoms with van der Waals surface area (Å²) < 4.78 is 0. The summed E-state index contributed by atoms with van der Waals surface area (Å²) >= 11 is 1.45. The van der Waals surface area contributed by atoms with Gasteiger partial charge in [0.05, 0.1) is 0 Å². The minimum absolute atomic E-state index is 0.277. The highest BCUT2D eigenvalue weighted by Gasteiger charge is 2.13. The van der Waals surface area contributed by atoms with Gasteiger partial charge in [-0.1, -0.05) is 29.8 Å². The van der Waals surface area contributed by atoms with Crippen molar-refractivity contribution in [3.63, 3.8) is 0 Å². The van der Waals surface area contributed by atoms with Crippen LogP contribution in [0.25, 0.3) is 21.6 Å². The number of benzene rings is 1. The first-order valence-corrected chi connectivity index (χ1v) is 9.46. The molecule has 27 heavy (non-hydrogen) atoms. The minimum atomic E-state index is -0.277. The van der Waals surface area contributed by atoms with E-state index in [1.807, 2.05) is 57.2 Å². The molecule has 1 amide bonds. The van der Waals surface area contributed by atoms with Crippen molar-refractivity contribution in [3.05, 3.63) is 70.4 Å². The molecule has 0 aliphatic rings. The summed E-state index contributed by atoms with van der Waals surface area (Å²) in [7, 11) is 0. The van der Waals surface area contributed by atoms with Gasteiger partial charge in [-0.3, -0.25) is 4.79 Å². The number of nitrogens with one attached hydrogen (secondary N) is 1. The molecule has 0 fully saturated rings. The molecule has 0 radical (unpaired) electrons. The number of nitrogens with zero attached hydrogens (tertiary/aromatic N) is 3. The van der Waals surface area contributed by atoms with E-state index in [1.54, 1.807) is 11.4 Å². The molecule has 0 spiro atoms. The molecule has 0 atom stereocenters. The van der Waals surface area contributed by atoms with Crippen LogP contribution in [0.2, 0.25) is 0 Å². The summed E-state index contributed by atoms with van der Waals surface area (Å²) in [5.41, 5.74) is 5.22. The lowest BCUT2D eigenvalue weighted by Crippen LogP contribution is -2.13. The van der Waals surface area contributed by atoms with Gasteiger partial charge in [0.15, 0.2) is 5.65 Å². The van der Waals surface area contributed by atoms with Gasteiger partial charge in [-0.15, -0.1) is 11.3 Å². The standard InChI is InChI=1S/C21H18N4OS/c1-12-4-6-15(7-5-12)21-23-17(11-27-21)20(26)25-18-9-8-16-13(2)10-14(3)22-19(16)24-18/h4-11H,1-3H3,(H,22,24,25,26). The second-order valence-electron chi connectivity index (χ2n) is 6.51. The first-order chi connectivity index (χ1) is 13.0. The molecule has 0 saturated carbocycles. The van der Waals surface area contributed by atoms with Crippen LogP contribution in [0.5, 0.6) is 0 Å². The molecular formula is C21H18N4OS. The summed E-state index contributed by atoms with van der Waals surface area (Å²) in [6.07, 6.45) is 0. The number of pyridine rings is 2. The number of carbonyl (C=O) groups is 1. The van der Waals surface area contributed by atoms with Crippen molar-refractivity contribution in [1.82, 2.24) is 15.0 Å². The van der Waals surface area contributed by atoms with E-state index in [1.165, 1.54) is 16.9 Å². The van der Waals surface area contributed by atoms with E-state index >= 15 is 0 Å². The normalized spacial score (nSPS) is 10.9. The maximum atomic E-state index is 12.6. The topological polar surface area (TPSA) is 67.8 Å². The van der Waals surface area contributed by atoms with Crippen LogP contribution in [0.3, 0.4) is 0 Å². The molecule has 0 aliphatic carbocycles. The molecule has 0 bridgehead atoms. The average molecular weight is 374 g/mol. The SMILES string of the molecule is Cc1ccc(-c2nc(C(=O)Nc3ccc4c(C)cc(C)nc4n3)cs2)cc1. The molecule has 1 aromatic carbocycles. The number of aromatic nitrogens is 3. The van der Waals surface area contributed by atoms with Crippen LogP contribution in [0.4, 0.5) is 5.82 Å². The van der Waals surface area contributed by atoms with Gasteiger partial charge in [-0.25, -0.2) is 15.0 Å². The van der Waals surface area contributed by atoms with Crippen LogP contribution in [0, 0.1) is 20.8 Å². The highest BCUT2D eigenvalue weighted by Crippen LogP contribution is 2.24. The Morgan fingerprint density at radius 1 is 0.963 bits per heavy atom. The van der Waals surface area contributed by atoms with Crippen molar-refractivity contribution < 1.29 is 4.79 Å². The van der Waals surface area contributed by atoms with E-state index in [0.29, 0.717) is 17.2 Å². The Balaban J connectivity index is 1.57. The predicted molar refractivity (Wildman–Crippen MR) is 109 cm³/mol. The fourth-order valence-corrected chi connectivity index (χ4v) is 3.69. The Morgan fingerprint density at radius 3 is 2.52 bits per heavy atom. The van der Waals surface area contributed by atoms with Crippen molar-refractivity contribution in [2.45, 2.75) is 20.8 Å². The van der Waals surface area contributed by atoms with E-state index < -0.39 is 0 Å². The van der Waals surface area contributed by atoms with Gasteiger partial charge in [-0.2, -0.15) is 0 Å². The molecule has 3 heterocycles. The summed E-state index contributed by atoms with van der Waals surface area (Å²) in [5, 5.41) is 6.38. The van der Waals surface area contributed by atoms with E-state index in [2.05, 4.69) is 20.3 Å². The molecular weight excluding hydrogens is 356 g/mol. The molecule has 5 nitrogen and oxygen atoms in total. The Labute approximate surface area is 161 Å². The van der Waals surface area contributed by atoms with Crippen molar-refractivity contribution in [1.29, 1.82) is 0 Å². The average Bonchev–Trinajstić information content (AvgIpc) is 3.12. The molecule has 4 rings (SSSR count). The lowest BCUT2D eigenvalue weighted by molar-refractivity contribution is 0.102. The van der Waals surface area contributed by atoms with Crippen molar-refractivity contribution in [2.75, 3.05) is 5.32 Å². The van der Waals surface area contributed by atoms with Crippen molar-refractivity contribution in [3.8, 4) is 10.6 Å². The molecule has 0 unspecified atom stereocenters. The zero-order valence-electron chi connectivity index (χ0n) is 15.3. The molecule has 1 N–H and O–H groups in total. The van der Waals surface area contributed by atoms with E-state index in [9.17, 15) is 4.79 Å². The van der Waals surface area contributed by atoms with Gasteiger partial charge in [0.2, 0.25) is 0 Å². The third kappa shape index (κ3) is 3.57. The van der Waals surface area contributed by atoms with Gasteiger partial charge < -0.3 is 5.32 Å². The number of fused-ring (bicyclic) bond motifs is 1. The molecule has 0 aliphatic heterocycles. The second-order valence-corrected chi connectivity index (χ2v) is 7.36. The number of thiazole rings is 1. The van der Waals surface area contributed by atoms with Crippen LogP contribution in [-0.4, -0.2) is 20.9 Å². The Morgan fingerprint density at radius 2 is 1.74 bits per heavy atom. The van der Waals surface area contributed by atoms with Gasteiger partial charge in [0.1, 0.15) is 16.5 Å².